The van der Waals surface area contributed by atoms with E-state index in [1.165, 1.54) is 12.0 Å². The molecule has 9 nitrogen and oxygen atoms in total. The van der Waals surface area contributed by atoms with E-state index in [0.29, 0.717) is 30.7 Å². The van der Waals surface area contributed by atoms with Crippen molar-refractivity contribution in [3.63, 3.8) is 0 Å². The quantitative estimate of drug-likeness (QED) is 0.724. The van der Waals surface area contributed by atoms with Crippen molar-refractivity contribution in [3.05, 3.63) is 29.8 Å². The number of rotatable bonds is 5. The summed E-state index contributed by atoms with van der Waals surface area (Å²) in [6.07, 6.45) is 1.78. The Bertz CT molecular complexity index is 808. The van der Waals surface area contributed by atoms with Crippen LogP contribution in [-0.4, -0.2) is 65.0 Å². The number of carbonyl (C=O) groups excluding carboxylic acids is 3. The van der Waals surface area contributed by atoms with Crippen LogP contribution in [0.25, 0.3) is 0 Å². The first kappa shape index (κ1) is 19.7. The molecule has 2 aliphatic heterocycles. The molecule has 0 aliphatic carbocycles. The number of hydrogen-bond donors (Lipinski definition) is 2. The number of aliphatic carboxylic acids is 1. The number of urea groups is 1. The van der Waals surface area contributed by atoms with Gasteiger partial charge in [-0.15, -0.1) is 0 Å². The first-order valence-electron chi connectivity index (χ1n) is 9.09. The highest BCUT2D eigenvalue weighted by Crippen LogP contribution is 2.30. The van der Waals surface area contributed by atoms with Crippen LogP contribution < -0.4 is 10.1 Å². The Morgan fingerprint density at radius 3 is 2.54 bits per heavy atom. The third-order valence-corrected chi connectivity index (χ3v) is 5.34. The molecule has 0 bridgehead atoms. The summed E-state index contributed by atoms with van der Waals surface area (Å²) >= 11 is 0. The van der Waals surface area contributed by atoms with E-state index in [-0.39, 0.29) is 0 Å². The van der Waals surface area contributed by atoms with E-state index in [1.54, 1.807) is 31.2 Å². The lowest BCUT2D eigenvalue weighted by atomic mass is 9.92. The molecule has 2 unspecified atom stereocenters. The van der Waals surface area contributed by atoms with E-state index >= 15 is 0 Å². The van der Waals surface area contributed by atoms with Crippen LogP contribution in [0.15, 0.2) is 24.3 Å². The third-order valence-electron chi connectivity index (χ3n) is 5.34. The molecule has 2 heterocycles. The van der Waals surface area contributed by atoms with Crippen molar-refractivity contribution < 1.29 is 29.0 Å². The number of amides is 4. The highest BCUT2D eigenvalue weighted by Gasteiger charge is 2.50. The van der Waals surface area contributed by atoms with Crippen LogP contribution >= 0.6 is 0 Å². The van der Waals surface area contributed by atoms with Crippen LogP contribution in [0.4, 0.5) is 4.79 Å². The largest absolute Gasteiger partial charge is 0.497 e. The average molecular weight is 389 g/mol. The summed E-state index contributed by atoms with van der Waals surface area (Å²) < 4.78 is 5.10. The Hall–Kier alpha value is -3.10. The molecule has 150 valence electrons. The first-order chi connectivity index (χ1) is 13.3. The van der Waals surface area contributed by atoms with Gasteiger partial charge >= 0.3 is 12.0 Å². The molecule has 1 aromatic rings. The fourth-order valence-corrected chi connectivity index (χ4v) is 3.67. The van der Waals surface area contributed by atoms with Crippen molar-refractivity contribution in [2.75, 3.05) is 20.2 Å². The second-order valence-electron chi connectivity index (χ2n) is 7.11. The number of carboxylic acids is 1. The molecular formula is C19H23N3O6. The van der Waals surface area contributed by atoms with E-state index in [2.05, 4.69) is 5.32 Å². The zero-order chi connectivity index (χ0) is 20.5. The molecule has 3 rings (SSSR count). The monoisotopic (exact) mass is 389 g/mol. The van der Waals surface area contributed by atoms with Crippen molar-refractivity contribution in [2.24, 2.45) is 0 Å². The van der Waals surface area contributed by atoms with Gasteiger partial charge in [0.25, 0.3) is 5.91 Å². The van der Waals surface area contributed by atoms with E-state index in [0.717, 1.165) is 11.3 Å². The minimum Gasteiger partial charge on any atom is -0.497 e. The fourth-order valence-electron chi connectivity index (χ4n) is 3.67. The summed E-state index contributed by atoms with van der Waals surface area (Å²) in [6, 6.07) is 5.11. The summed E-state index contributed by atoms with van der Waals surface area (Å²) in [5.74, 6) is -1.57. The number of likely N-dealkylation sites (tertiary alicyclic amines) is 1. The third kappa shape index (κ3) is 3.39. The van der Waals surface area contributed by atoms with Crippen molar-refractivity contribution in [1.82, 2.24) is 15.1 Å². The predicted molar refractivity (Wildman–Crippen MR) is 97.6 cm³/mol. The minimum atomic E-state index is -1.31. The van der Waals surface area contributed by atoms with Crippen LogP contribution in [-0.2, 0) is 19.9 Å². The lowest BCUT2D eigenvalue weighted by Gasteiger charge is -2.33. The van der Waals surface area contributed by atoms with Crippen molar-refractivity contribution in [2.45, 2.75) is 37.8 Å². The lowest BCUT2D eigenvalue weighted by Crippen LogP contribution is -2.52. The zero-order valence-electron chi connectivity index (χ0n) is 15.8. The molecule has 4 amide bonds. The van der Waals surface area contributed by atoms with Gasteiger partial charge < -0.3 is 20.1 Å². The van der Waals surface area contributed by atoms with Crippen molar-refractivity contribution in [3.8, 4) is 5.75 Å². The number of piperidine rings is 1. The molecule has 0 radical (unpaired) electrons. The van der Waals surface area contributed by atoms with E-state index in [4.69, 9.17) is 4.74 Å². The Labute approximate surface area is 162 Å². The van der Waals surface area contributed by atoms with Gasteiger partial charge in [-0.3, -0.25) is 14.5 Å². The highest BCUT2D eigenvalue weighted by molar-refractivity contribution is 6.09. The van der Waals surface area contributed by atoms with Gasteiger partial charge in [-0.25, -0.2) is 9.59 Å². The maximum absolute atomic E-state index is 13.0. The zero-order valence-corrected chi connectivity index (χ0v) is 15.8. The molecule has 2 saturated heterocycles. The van der Waals surface area contributed by atoms with E-state index in [1.807, 2.05) is 0 Å². The molecular weight excluding hydrogens is 366 g/mol. The molecule has 0 spiro atoms. The standard InChI is InChI=1S/C19H23N3O6/c1-19(12-6-8-13(28-2)9-7-12)17(26)22(18(27)20-19)11-15(23)21-10-4-3-5-14(21)16(24)25/h6-9,14H,3-5,10-11H2,1-2H3,(H,20,27)(H,24,25). The van der Waals surface area contributed by atoms with E-state index in [9.17, 15) is 24.3 Å². The second kappa shape index (κ2) is 7.49. The summed E-state index contributed by atoms with van der Waals surface area (Å²) in [5.41, 5.74) is -0.749. The summed E-state index contributed by atoms with van der Waals surface area (Å²) in [4.78, 5) is 51.5. The van der Waals surface area contributed by atoms with E-state index < -0.39 is 41.9 Å². The maximum atomic E-state index is 13.0. The van der Waals surface area contributed by atoms with Crippen LogP contribution in [0.3, 0.4) is 0 Å². The number of carbonyl (C=O) groups is 4. The van der Waals surface area contributed by atoms with Gasteiger partial charge in [0.1, 0.15) is 23.9 Å². The molecule has 2 N–H and O–H groups in total. The highest BCUT2D eigenvalue weighted by atomic mass is 16.5. The van der Waals surface area contributed by atoms with Crippen molar-refractivity contribution in [1.29, 1.82) is 0 Å². The summed E-state index contributed by atoms with van der Waals surface area (Å²) in [5, 5.41) is 12.0. The number of benzene rings is 1. The summed E-state index contributed by atoms with van der Waals surface area (Å²) in [6.45, 7) is 1.38. The molecule has 2 atom stereocenters. The Balaban J connectivity index is 1.77. The van der Waals surface area contributed by atoms with Gasteiger partial charge in [-0.2, -0.15) is 0 Å². The number of methoxy groups -OCH3 is 1. The average Bonchev–Trinajstić information content (AvgIpc) is 2.92. The lowest BCUT2D eigenvalue weighted by molar-refractivity contribution is -0.152. The molecule has 0 aromatic heterocycles. The van der Waals surface area contributed by atoms with Crippen LogP contribution in [0, 0.1) is 0 Å². The topological polar surface area (TPSA) is 116 Å². The Kier molecular flexibility index (Phi) is 5.26. The number of nitrogens with zero attached hydrogens (tertiary/aromatic N) is 2. The van der Waals surface area contributed by atoms with Gasteiger partial charge in [-0.1, -0.05) is 12.1 Å². The van der Waals surface area contributed by atoms with Crippen LogP contribution in [0.5, 0.6) is 5.75 Å². The Morgan fingerprint density at radius 1 is 1.25 bits per heavy atom. The molecule has 2 aliphatic rings. The SMILES string of the molecule is COc1ccc(C2(C)NC(=O)N(CC(=O)N3CCCCC3C(=O)O)C2=O)cc1. The molecule has 28 heavy (non-hydrogen) atoms. The number of ether oxygens (including phenoxy) is 1. The van der Waals surface area contributed by atoms with Gasteiger partial charge in [0.15, 0.2) is 0 Å². The normalized spacial score (nSPS) is 24.9. The number of nitrogens with one attached hydrogen (secondary N) is 1. The smallest absolute Gasteiger partial charge is 0.326 e. The van der Waals surface area contributed by atoms with Gasteiger partial charge in [0, 0.05) is 6.54 Å². The van der Waals surface area contributed by atoms with Crippen LogP contribution in [0.1, 0.15) is 31.7 Å². The molecule has 1 aromatic carbocycles. The molecule has 0 saturated carbocycles. The minimum absolute atomic E-state index is 0.301. The van der Waals surface area contributed by atoms with Crippen LogP contribution in [0.2, 0.25) is 0 Å². The maximum Gasteiger partial charge on any atom is 0.326 e. The van der Waals surface area contributed by atoms with Crippen molar-refractivity contribution >= 4 is 23.8 Å². The number of imide groups is 1. The predicted octanol–water partition coefficient (Wildman–Crippen LogP) is 0.928. The molecule has 9 heteroatoms. The fraction of sp³-hybridized carbons (Fsp3) is 0.474. The Morgan fingerprint density at radius 2 is 1.93 bits per heavy atom. The van der Waals surface area contributed by atoms with Gasteiger partial charge in [0.05, 0.1) is 7.11 Å². The van der Waals surface area contributed by atoms with Gasteiger partial charge in [-0.05, 0) is 43.9 Å². The second-order valence-corrected chi connectivity index (χ2v) is 7.11. The first-order valence-corrected chi connectivity index (χ1v) is 9.09. The number of hydrogen-bond acceptors (Lipinski definition) is 5. The molecule has 2 fully saturated rings. The van der Waals surface area contributed by atoms with Gasteiger partial charge in [0.2, 0.25) is 5.91 Å². The number of carboxylic acid groups (broad SMARTS) is 1. The summed E-state index contributed by atoms with van der Waals surface area (Å²) in [7, 11) is 1.53.